The lowest BCUT2D eigenvalue weighted by molar-refractivity contribution is -0.137. The number of ether oxygens (including phenoxy) is 2. The van der Waals surface area contributed by atoms with Gasteiger partial charge in [-0.05, 0) is 38.0 Å². The van der Waals surface area contributed by atoms with E-state index in [0.29, 0.717) is 32.0 Å². The molecule has 0 unspecified atom stereocenters. The van der Waals surface area contributed by atoms with Crippen molar-refractivity contribution >= 4 is 40.8 Å². The van der Waals surface area contributed by atoms with E-state index < -0.39 is 34.7 Å². The SMILES string of the molecule is Cc1ncnc(C(=O)N2CCC3(CC2)OCCc2c3c(=O)n3nc(N4CCOCC4)nc3n2CC(=O)Nc2ccc(C(F)(F)F)cc2Cl)c1O. The number of halogens is 4. The Kier molecular flexibility index (Phi) is 8.63. The van der Waals surface area contributed by atoms with E-state index in [9.17, 15) is 32.7 Å². The topological polar surface area (TPSA) is 169 Å². The van der Waals surface area contributed by atoms with Crippen LogP contribution in [0.1, 0.15) is 45.8 Å². The Morgan fingerprint density at radius 2 is 1.84 bits per heavy atom. The van der Waals surface area contributed by atoms with E-state index in [4.69, 9.17) is 21.1 Å². The maximum atomic E-state index is 14.3. The molecule has 3 aliphatic heterocycles. The zero-order chi connectivity index (χ0) is 35.4. The number of morpholine rings is 1. The third-order valence-electron chi connectivity index (χ3n) is 9.25. The van der Waals surface area contributed by atoms with Crippen molar-refractivity contribution < 1.29 is 37.3 Å². The zero-order valence-electron chi connectivity index (χ0n) is 26.7. The average molecular weight is 718 g/mol. The Morgan fingerprint density at radius 3 is 2.54 bits per heavy atom. The second kappa shape index (κ2) is 12.8. The maximum Gasteiger partial charge on any atom is 0.416 e. The molecule has 6 heterocycles. The van der Waals surface area contributed by atoms with E-state index in [1.165, 1.54) is 11.2 Å². The molecule has 19 heteroatoms. The summed E-state index contributed by atoms with van der Waals surface area (Å²) in [5.41, 5.74) is -1.69. The minimum atomic E-state index is -4.61. The van der Waals surface area contributed by atoms with Crippen LogP contribution in [0.2, 0.25) is 5.02 Å². The summed E-state index contributed by atoms with van der Waals surface area (Å²) < 4.78 is 54.1. The number of alkyl halides is 3. The number of anilines is 2. The first-order valence-corrected chi connectivity index (χ1v) is 16.2. The van der Waals surface area contributed by atoms with Gasteiger partial charge in [0, 0.05) is 38.3 Å². The smallest absolute Gasteiger partial charge is 0.416 e. The number of nitrogens with zero attached hydrogens (tertiary/aromatic N) is 8. The number of likely N-dealkylation sites (tertiary alicyclic amines) is 1. The molecule has 2 amide bonds. The Labute approximate surface area is 286 Å². The van der Waals surface area contributed by atoms with Crippen molar-refractivity contribution in [1.29, 1.82) is 0 Å². The Hall–Kier alpha value is -4.81. The van der Waals surface area contributed by atoms with Gasteiger partial charge in [-0.3, -0.25) is 14.4 Å². The zero-order valence-corrected chi connectivity index (χ0v) is 27.4. The van der Waals surface area contributed by atoms with E-state index in [-0.39, 0.29) is 90.6 Å². The molecule has 2 saturated heterocycles. The van der Waals surface area contributed by atoms with Crippen LogP contribution in [0.5, 0.6) is 5.75 Å². The van der Waals surface area contributed by atoms with Gasteiger partial charge in [0.15, 0.2) is 11.4 Å². The average Bonchev–Trinajstić information content (AvgIpc) is 3.55. The van der Waals surface area contributed by atoms with Crippen LogP contribution < -0.4 is 15.8 Å². The summed E-state index contributed by atoms with van der Waals surface area (Å²) in [5.74, 6) is -1.06. The van der Waals surface area contributed by atoms with Gasteiger partial charge in [-0.25, -0.2) is 9.97 Å². The van der Waals surface area contributed by atoms with Crippen molar-refractivity contribution in [3.8, 4) is 5.75 Å². The van der Waals surface area contributed by atoms with Crippen molar-refractivity contribution in [3.63, 3.8) is 0 Å². The number of piperidine rings is 1. The highest BCUT2D eigenvalue weighted by atomic mass is 35.5. The van der Waals surface area contributed by atoms with Crippen LogP contribution in [0.15, 0.2) is 29.3 Å². The quantitative estimate of drug-likeness (QED) is 0.311. The molecule has 3 aliphatic rings. The number of fused-ring (bicyclic) bond motifs is 3. The van der Waals surface area contributed by atoms with E-state index in [1.807, 2.05) is 4.90 Å². The monoisotopic (exact) mass is 717 g/mol. The number of carbonyl (C=O) groups is 2. The van der Waals surface area contributed by atoms with Crippen molar-refractivity contribution in [1.82, 2.24) is 34.0 Å². The van der Waals surface area contributed by atoms with Gasteiger partial charge in [0.1, 0.15) is 18.5 Å². The standard InChI is InChI=1S/C31H31ClF3N9O6/c1-17-25(46)24(37-16-36-17)27(48)41-7-5-30(6-8-41)23-21(4-11-50-30)43(15-22(45)38-20-3-2-18(14-19(20)32)31(33,34)35)29-39-28(40-44(29)26(23)47)42-9-12-49-13-10-42/h2-3,14,16,46H,4-13,15H2,1H3,(H,38,45). The van der Waals surface area contributed by atoms with Gasteiger partial charge in [0.05, 0.1) is 47.4 Å². The molecule has 0 aliphatic carbocycles. The number of hydrogen-bond acceptors (Lipinski definition) is 11. The van der Waals surface area contributed by atoms with Gasteiger partial charge in [-0.15, -0.1) is 5.10 Å². The van der Waals surface area contributed by atoms with Crippen LogP contribution in [-0.4, -0.2) is 97.0 Å². The fourth-order valence-electron chi connectivity index (χ4n) is 6.65. The summed E-state index contributed by atoms with van der Waals surface area (Å²) >= 11 is 6.12. The summed E-state index contributed by atoms with van der Waals surface area (Å²) in [4.78, 5) is 57.1. The molecule has 1 spiro atoms. The molecule has 15 nitrogen and oxygen atoms in total. The van der Waals surface area contributed by atoms with Crippen molar-refractivity contribution in [3.05, 3.63) is 68.1 Å². The van der Waals surface area contributed by atoms with Gasteiger partial charge in [-0.2, -0.15) is 22.7 Å². The lowest BCUT2D eigenvalue weighted by atomic mass is 9.81. The highest BCUT2D eigenvalue weighted by molar-refractivity contribution is 6.33. The van der Waals surface area contributed by atoms with Crippen molar-refractivity contribution in [2.24, 2.45) is 0 Å². The first-order valence-electron chi connectivity index (χ1n) is 15.8. The molecule has 0 atom stereocenters. The first-order chi connectivity index (χ1) is 23.9. The number of aryl methyl sites for hydroxylation is 1. The molecule has 3 aromatic heterocycles. The van der Waals surface area contributed by atoms with Crippen molar-refractivity contribution in [2.45, 2.75) is 44.5 Å². The van der Waals surface area contributed by atoms with E-state index >= 15 is 0 Å². The number of benzene rings is 1. The molecule has 2 fully saturated rings. The molecule has 2 N–H and O–H groups in total. The van der Waals surface area contributed by atoms with Crippen LogP contribution in [0, 0.1) is 6.92 Å². The second-order valence-electron chi connectivity index (χ2n) is 12.2. The number of carbonyl (C=O) groups excluding carboxylic acids is 2. The van der Waals surface area contributed by atoms with Crippen LogP contribution in [0.4, 0.5) is 24.8 Å². The number of amides is 2. The Bertz CT molecular complexity index is 2060. The summed E-state index contributed by atoms with van der Waals surface area (Å²) in [6.45, 7) is 3.55. The minimum Gasteiger partial charge on any atom is -0.504 e. The molecule has 7 rings (SSSR count). The number of rotatable bonds is 5. The normalized spacial score (nSPS) is 17.6. The fourth-order valence-corrected chi connectivity index (χ4v) is 6.88. The molecule has 0 saturated carbocycles. The fraction of sp³-hybridized carbons (Fsp3) is 0.452. The Balaban J connectivity index is 1.25. The summed E-state index contributed by atoms with van der Waals surface area (Å²) in [6.07, 6.45) is -2.73. The molecular weight excluding hydrogens is 687 g/mol. The van der Waals surface area contributed by atoms with E-state index in [0.717, 1.165) is 22.7 Å². The highest BCUT2D eigenvalue weighted by Gasteiger charge is 2.46. The van der Waals surface area contributed by atoms with Gasteiger partial charge < -0.3 is 34.3 Å². The van der Waals surface area contributed by atoms with Crippen LogP contribution in [-0.2, 0) is 39.0 Å². The molecule has 1 aromatic carbocycles. The predicted molar refractivity (Wildman–Crippen MR) is 170 cm³/mol. The lowest BCUT2D eigenvalue weighted by Gasteiger charge is -2.44. The second-order valence-corrected chi connectivity index (χ2v) is 12.6. The predicted octanol–water partition coefficient (Wildman–Crippen LogP) is 2.55. The first kappa shape index (κ1) is 33.7. The van der Waals surface area contributed by atoms with Gasteiger partial charge in [-0.1, -0.05) is 11.6 Å². The van der Waals surface area contributed by atoms with Gasteiger partial charge >= 0.3 is 6.18 Å². The maximum absolute atomic E-state index is 14.3. The number of aromatic hydroxyl groups is 1. The number of aromatic nitrogens is 6. The van der Waals surface area contributed by atoms with E-state index in [1.54, 1.807) is 11.5 Å². The molecule has 264 valence electrons. The third-order valence-corrected chi connectivity index (χ3v) is 9.56. The Morgan fingerprint density at radius 1 is 1.10 bits per heavy atom. The number of nitrogens with one attached hydrogen (secondary N) is 1. The minimum absolute atomic E-state index is 0.0205. The summed E-state index contributed by atoms with van der Waals surface area (Å²) in [6, 6.07) is 2.63. The van der Waals surface area contributed by atoms with Gasteiger partial charge in [0.25, 0.3) is 11.5 Å². The number of hydrogen-bond donors (Lipinski definition) is 2. The lowest BCUT2D eigenvalue weighted by Crippen LogP contribution is -2.52. The third kappa shape index (κ3) is 6.00. The largest absolute Gasteiger partial charge is 0.504 e. The molecule has 0 bridgehead atoms. The van der Waals surface area contributed by atoms with Crippen LogP contribution in [0.25, 0.3) is 5.78 Å². The van der Waals surface area contributed by atoms with E-state index in [2.05, 4.69) is 25.4 Å². The van der Waals surface area contributed by atoms with Gasteiger partial charge in [0.2, 0.25) is 17.6 Å². The van der Waals surface area contributed by atoms with Crippen molar-refractivity contribution in [2.75, 3.05) is 56.2 Å². The highest BCUT2D eigenvalue weighted by Crippen LogP contribution is 2.41. The summed E-state index contributed by atoms with van der Waals surface area (Å²) in [5, 5.41) is 17.2. The molecule has 4 aromatic rings. The van der Waals surface area contributed by atoms with Crippen LogP contribution in [0.3, 0.4) is 0 Å². The van der Waals surface area contributed by atoms with Crippen LogP contribution >= 0.6 is 11.6 Å². The summed E-state index contributed by atoms with van der Waals surface area (Å²) in [7, 11) is 0. The molecule has 0 radical (unpaired) electrons. The molecular formula is C31H31ClF3N9O6. The molecule has 50 heavy (non-hydrogen) atoms.